The lowest BCUT2D eigenvalue weighted by Crippen LogP contribution is -2.52. The van der Waals surface area contributed by atoms with Crippen molar-refractivity contribution in [3.8, 4) is 0 Å². The molecule has 0 aromatic heterocycles. The van der Waals surface area contributed by atoms with E-state index in [1.165, 1.54) is 13.0 Å². The maximum Gasteiger partial charge on any atom is 0.332 e. The van der Waals surface area contributed by atoms with E-state index in [2.05, 4.69) is 0 Å². The SMILES string of the molecule is CC1=CC(=O)C2=C(C1=O)[C@@]1(CC[C@@H]2C)OC(=O)C=CC1=O. The molecule has 108 valence electrons. The summed E-state index contributed by atoms with van der Waals surface area (Å²) < 4.78 is 5.28. The summed E-state index contributed by atoms with van der Waals surface area (Å²) in [5.41, 5.74) is -0.969. The van der Waals surface area contributed by atoms with Gasteiger partial charge in [0, 0.05) is 17.2 Å². The van der Waals surface area contributed by atoms with E-state index in [4.69, 9.17) is 4.74 Å². The summed E-state index contributed by atoms with van der Waals surface area (Å²) in [6.07, 6.45) is 4.22. The summed E-state index contributed by atoms with van der Waals surface area (Å²) >= 11 is 0. The minimum absolute atomic E-state index is 0.0638. The molecule has 0 radical (unpaired) electrons. The third kappa shape index (κ3) is 1.77. The van der Waals surface area contributed by atoms with E-state index in [1.807, 2.05) is 6.92 Å². The lowest BCUT2D eigenvalue weighted by atomic mass is 9.66. The van der Waals surface area contributed by atoms with Gasteiger partial charge in [0.2, 0.25) is 11.4 Å². The average Bonchev–Trinajstić information content (AvgIpc) is 2.43. The number of Topliss-reactive ketones (excluding diaryl/α,β-unsaturated/α-hetero) is 1. The molecule has 2 atom stereocenters. The van der Waals surface area contributed by atoms with Crippen LogP contribution in [0.25, 0.3) is 0 Å². The van der Waals surface area contributed by atoms with Gasteiger partial charge < -0.3 is 4.74 Å². The average molecular weight is 286 g/mol. The van der Waals surface area contributed by atoms with Crippen LogP contribution >= 0.6 is 0 Å². The first-order valence-corrected chi connectivity index (χ1v) is 6.84. The van der Waals surface area contributed by atoms with Gasteiger partial charge in [-0.1, -0.05) is 6.92 Å². The molecule has 0 fully saturated rings. The fraction of sp³-hybridized carbons (Fsp3) is 0.375. The van der Waals surface area contributed by atoms with Crippen molar-refractivity contribution in [1.82, 2.24) is 0 Å². The van der Waals surface area contributed by atoms with Gasteiger partial charge in [-0.15, -0.1) is 0 Å². The molecular formula is C16H14O5. The van der Waals surface area contributed by atoms with E-state index in [0.717, 1.165) is 12.2 Å². The van der Waals surface area contributed by atoms with E-state index < -0.39 is 17.4 Å². The number of hydrogen-bond donors (Lipinski definition) is 0. The van der Waals surface area contributed by atoms with Crippen molar-refractivity contribution in [3.63, 3.8) is 0 Å². The van der Waals surface area contributed by atoms with Gasteiger partial charge in [-0.3, -0.25) is 14.4 Å². The largest absolute Gasteiger partial charge is 0.442 e. The van der Waals surface area contributed by atoms with Gasteiger partial charge in [-0.05, 0) is 37.8 Å². The van der Waals surface area contributed by atoms with Crippen LogP contribution in [0.4, 0.5) is 0 Å². The van der Waals surface area contributed by atoms with Crippen LogP contribution < -0.4 is 0 Å². The number of hydrogen-bond acceptors (Lipinski definition) is 5. The molecule has 1 spiro atoms. The Balaban J connectivity index is 2.27. The number of fused-ring (bicyclic) bond motifs is 1. The lowest BCUT2D eigenvalue weighted by molar-refractivity contribution is -0.161. The number of ketones is 3. The Morgan fingerprint density at radius 1 is 1.19 bits per heavy atom. The third-order valence-corrected chi connectivity index (χ3v) is 4.34. The highest BCUT2D eigenvalue weighted by molar-refractivity contribution is 6.27. The lowest BCUT2D eigenvalue weighted by Gasteiger charge is -2.41. The van der Waals surface area contributed by atoms with Gasteiger partial charge in [-0.2, -0.15) is 0 Å². The molecular weight excluding hydrogens is 272 g/mol. The van der Waals surface area contributed by atoms with Crippen LogP contribution in [0.15, 0.2) is 34.9 Å². The fourth-order valence-electron chi connectivity index (χ4n) is 3.24. The summed E-state index contributed by atoms with van der Waals surface area (Å²) in [6, 6.07) is 0. The molecule has 1 heterocycles. The third-order valence-electron chi connectivity index (χ3n) is 4.34. The van der Waals surface area contributed by atoms with Gasteiger partial charge >= 0.3 is 5.97 Å². The monoisotopic (exact) mass is 286 g/mol. The van der Waals surface area contributed by atoms with Crippen LogP contribution in [0.5, 0.6) is 0 Å². The zero-order chi connectivity index (χ0) is 15.4. The highest BCUT2D eigenvalue weighted by atomic mass is 16.6. The van der Waals surface area contributed by atoms with Gasteiger partial charge in [0.15, 0.2) is 11.6 Å². The highest BCUT2D eigenvalue weighted by Gasteiger charge is 2.54. The molecule has 0 aromatic rings. The fourth-order valence-corrected chi connectivity index (χ4v) is 3.24. The normalized spacial score (nSPS) is 32.3. The minimum atomic E-state index is -1.62. The molecule has 0 amide bonds. The molecule has 3 rings (SSSR count). The summed E-state index contributed by atoms with van der Waals surface area (Å²) in [4.78, 5) is 48.8. The van der Waals surface area contributed by atoms with Crippen LogP contribution in [0, 0.1) is 5.92 Å². The molecule has 2 aliphatic carbocycles. The number of esters is 1. The standard InChI is InChI=1S/C16H14O5/c1-8-5-6-16(11(18)3-4-12(19)21-16)14-13(8)10(17)7-9(2)15(14)20/h3-4,7-8H,5-6H2,1-2H3/t8-,16-/m0/s1. The van der Waals surface area contributed by atoms with Gasteiger partial charge in [0.05, 0.1) is 5.57 Å². The summed E-state index contributed by atoms with van der Waals surface area (Å²) in [5, 5.41) is 0. The summed E-state index contributed by atoms with van der Waals surface area (Å²) in [5.74, 6) is -1.90. The van der Waals surface area contributed by atoms with Crippen LogP contribution in [-0.2, 0) is 23.9 Å². The second-order valence-corrected chi connectivity index (χ2v) is 5.69. The van der Waals surface area contributed by atoms with Crippen molar-refractivity contribution >= 4 is 23.3 Å². The van der Waals surface area contributed by atoms with Crippen LogP contribution in [0.1, 0.15) is 26.7 Å². The Labute approximate surface area is 121 Å². The smallest absolute Gasteiger partial charge is 0.332 e. The summed E-state index contributed by atoms with van der Waals surface area (Å²) in [6.45, 7) is 3.37. The summed E-state index contributed by atoms with van der Waals surface area (Å²) in [7, 11) is 0. The van der Waals surface area contributed by atoms with E-state index in [-0.39, 0.29) is 35.1 Å². The molecule has 1 aliphatic heterocycles. The van der Waals surface area contributed by atoms with Crippen molar-refractivity contribution in [3.05, 3.63) is 34.9 Å². The van der Waals surface area contributed by atoms with E-state index in [0.29, 0.717) is 12.0 Å². The second-order valence-electron chi connectivity index (χ2n) is 5.69. The second kappa shape index (κ2) is 4.35. The Morgan fingerprint density at radius 2 is 1.90 bits per heavy atom. The number of allylic oxidation sites excluding steroid dienone is 3. The van der Waals surface area contributed by atoms with Crippen LogP contribution in [0.3, 0.4) is 0 Å². The quantitative estimate of drug-likeness (QED) is 0.494. The molecule has 0 saturated carbocycles. The predicted molar refractivity (Wildman–Crippen MR) is 72.2 cm³/mol. The van der Waals surface area contributed by atoms with Crippen molar-refractivity contribution in [1.29, 1.82) is 0 Å². The zero-order valence-electron chi connectivity index (χ0n) is 11.8. The Bertz CT molecular complexity index is 691. The zero-order valence-corrected chi connectivity index (χ0v) is 11.8. The first-order valence-electron chi connectivity index (χ1n) is 6.84. The van der Waals surface area contributed by atoms with Gasteiger partial charge in [0.25, 0.3) is 0 Å². The molecule has 0 aromatic carbocycles. The Hall–Kier alpha value is -2.30. The van der Waals surface area contributed by atoms with Crippen molar-refractivity contribution in [2.45, 2.75) is 32.3 Å². The topological polar surface area (TPSA) is 77.5 Å². The number of carbonyl (C=O) groups is 4. The molecule has 0 bridgehead atoms. The van der Waals surface area contributed by atoms with Crippen LogP contribution in [0.2, 0.25) is 0 Å². The number of rotatable bonds is 0. The molecule has 5 heteroatoms. The Kier molecular flexibility index (Phi) is 2.83. The maximum atomic E-state index is 12.5. The Morgan fingerprint density at radius 3 is 2.62 bits per heavy atom. The first kappa shape index (κ1) is 13.7. The maximum absolute atomic E-state index is 12.5. The first-order chi connectivity index (χ1) is 9.86. The van der Waals surface area contributed by atoms with Crippen LogP contribution in [-0.4, -0.2) is 28.9 Å². The van der Waals surface area contributed by atoms with Crippen molar-refractivity contribution in [2.24, 2.45) is 5.92 Å². The van der Waals surface area contributed by atoms with Crippen molar-refractivity contribution < 1.29 is 23.9 Å². The van der Waals surface area contributed by atoms with E-state index in [1.54, 1.807) is 0 Å². The molecule has 21 heavy (non-hydrogen) atoms. The highest BCUT2D eigenvalue weighted by Crippen LogP contribution is 2.45. The molecule has 0 saturated heterocycles. The molecule has 3 aliphatic rings. The predicted octanol–water partition coefficient (Wildman–Crippen LogP) is 1.23. The van der Waals surface area contributed by atoms with Gasteiger partial charge in [-0.25, -0.2) is 4.79 Å². The minimum Gasteiger partial charge on any atom is -0.442 e. The van der Waals surface area contributed by atoms with E-state index >= 15 is 0 Å². The molecule has 5 nitrogen and oxygen atoms in total. The van der Waals surface area contributed by atoms with Crippen molar-refractivity contribution in [2.75, 3.05) is 0 Å². The number of carbonyl (C=O) groups excluding carboxylic acids is 4. The number of ether oxygens (including phenoxy) is 1. The molecule has 0 N–H and O–H groups in total. The van der Waals surface area contributed by atoms with Gasteiger partial charge in [0.1, 0.15) is 0 Å². The molecule has 0 unspecified atom stereocenters. The van der Waals surface area contributed by atoms with E-state index in [9.17, 15) is 19.2 Å².